The van der Waals surface area contributed by atoms with Crippen LogP contribution in [-0.4, -0.2) is 23.3 Å². The summed E-state index contributed by atoms with van der Waals surface area (Å²) in [5.41, 5.74) is 1.12. The summed E-state index contributed by atoms with van der Waals surface area (Å²) in [4.78, 5) is 27.8. The third-order valence-electron chi connectivity index (χ3n) is 3.06. The van der Waals surface area contributed by atoms with Crippen LogP contribution in [0, 0.1) is 5.82 Å². The molecule has 1 aromatic carbocycles. The summed E-state index contributed by atoms with van der Waals surface area (Å²) >= 11 is 1.30. The van der Waals surface area contributed by atoms with Crippen molar-refractivity contribution in [1.82, 2.24) is 10.3 Å². The van der Waals surface area contributed by atoms with E-state index in [0.717, 1.165) is 12.1 Å². The molecule has 1 heterocycles. The van der Waals surface area contributed by atoms with Crippen LogP contribution < -0.4 is 10.6 Å². The van der Waals surface area contributed by atoms with Crippen LogP contribution in [0.15, 0.2) is 29.6 Å². The van der Waals surface area contributed by atoms with Gasteiger partial charge >= 0.3 is 0 Å². The lowest BCUT2D eigenvalue weighted by atomic mass is 10.2. The summed E-state index contributed by atoms with van der Waals surface area (Å²) in [7, 11) is 0. The fourth-order valence-electron chi connectivity index (χ4n) is 1.84. The number of amides is 2. The number of carbonyl (C=O) groups excluding carboxylic acids is 2. The van der Waals surface area contributed by atoms with Gasteiger partial charge in [-0.3, -0.25) is 14.9 Å². The van der Waals surface area contributed by atoms with Gasteiger partial charge in [0.1, 0.15) is 5.82 Å². The summed E-state index contributed by atoms with van der Waals surface area (Å²) in [6, 6.07) is 5.29. The van der Waals surface area contributed by atoms with Crippen molar-refractivity contribution < 1.29 is 14.0 Å². The van der Waals surface area contributed by atoms with E-state index in [4.69, 9.17) is 0 Å². The van der Waals surface area contributed by atoms with E-state index >= 15 is 0 Å². The molecule has 5 nitrogen and oxygen atoms in total. The third kappa shape index (κ3) is 5.45. The standard InChI is InChI=1S/C16H18FN3O2S/c1-2-9-18-14(21)8-7-13-10-23-16(19-13)20-15(22)11-3-5-12(17)6-4-11/h3-6,10H,2,7-9H2,1H3,(H,18,21)(H,19,20,22). The SMILES string of the molecule is CCCNC(=O)CCc1csc(NC(=O)c2ccc(F)cc2)n1. The summed E-state index contributed by atoms with van der Waals surface area (Å²) in [5, 5.41) is 7.74. The van der Waals surface area contributed by atoms with Crippen LogP contribution in [0.2, 0.25) is 0 Å². The van der Waals surface area contributed by atoms with Gasteiger partial charge in [-0.25, -0.2) is 9.37 Å². The van der Waals surface area contributed by atoms with Crippen molar-refractivity contribution in [3.05, 3.63) is 46.7 Å². The summed E-state index contributed by atoms with van der Waals surface area (Å²) in [6.07, 6.45) is 1.80. The van der Waals surface area contributed by atoms with Gasteiger partial charge in [-0.1, -0.05) is 6.92 Å². The molecular weight excluding hydrogens is 317 g/mol. The molecule has 7 heteroatoms. The van der Waals surface area contributed by atoms with Gasteiger partial charge in [0.15, 0.2) is 5.13 Å². The first kappa shape index (κ1) is 17.1. The van der Waals surface area contributed by atoms with E-state index in [-0.39, 0.29) is 17.6 Å². The minimum Gasteiger partial charge on any atom is -0.356 e. The van der Waals surface area contributed by atoms with Gasteiger partial charge < -0.3 is 5.32 Å². The Balaban J connectivity index is 1.85. The second kappa shape index (κ2) is 8.38. The van der Waals surface area contributed by atoms with Crippen LogP contribution in [0.5, 0.6) is 0 Å². The van der Waals surface area contributed by atoms with Crippen molar-refractivity contribution >= 4 is 28.3 Å². The summed E-state index contributed by atoms with van der Waals surface area (Å²) in [5.74, 6) is -0.734. The van der Waals surface area contributed by atoms with Gasteiger partial charge in [0.25, 0.3) is 5.91 Å². The minimum absolute atomic E-state index is 0.00301. The number of thiazole rings is 1. The van der Waals surface area contributed by atoms with E-state index in [9.17, 15) is 14.0 Å². The van der Waals surface area contributed by atoms with Gasteiger partial charge in [-0.2, -0.15) is 0 Å². The molecular formula is C16H18FN3O2S. The second-order valence-electron chi connectivity index (χ2n) is 4.95. The van der Waals surface area contributed by atoms with Crippen LogP contribution in [0.25, 0.3) is 0 Å². The molecule has 2 aromatic rings. The topological polar surface area (TPSA) is 71.1 Å². The Bertz CT molecular complexity index is 670. The molecule has 0 atom stereocenters. The number of nitrogens with one attached hydrogen (secondary N) is 2. The molecule has 1 aromatic heterocycles. The molecule has 23 heavy (non-hydrogen) atoms. The number of nitrogens with zero attached hydrogens (tertiary/aromatic N) is 1. The molecule has 0 aliphatic rings. The van der Waals surface area contributed by atoms with Crippen LogP contribution in [0.1, 0.15) is 35.8 Å². The minimum atomic E-state index is -0.389. The maximum Gasteiger partial charge on any atom is 0.257 e. The maximum absolute atomic E-state index is 12.8. The molecule has 2 N–H and O–H groups in total. The number of aryl methyl sites for hydroxylation is 1. The largest absolute Gasteiger partial charge is 0.356 e. The zero-order chi connectivity index (χ0) is 16.7. The highest BCUT2D eigenvalue weighted by Gasteiger charge is 2.10. The molecule has 0 saturated carbocycles. The fraction of sp³-hybridized carbons (Fsp3) is 0.312. The summed E-state index contributed by atoms with van der Waals surface area (Å²) in [6.45, 7) is 2.67. The van der Waals surface area contributed by atoms with Gasteiger partial charge in [0.05, 0.1) is 5.69 Å². The van der Waals surface area contributed by atoms with Crippen molar-refractivity contribution in [3.8, 4) is 0 Å². The number of hydrogen-bond donors (Lipinski definition) is 2. The number of rotatable bonds is 7. The van der Waals surface area contributed by atoms with Crippen molar-refractivity contribution in [1.29, 1.82) is 0 Å². The zero-order valence-corrected chi connectivity index (χ0v) is 13.6. The van der Waals surface area contributed by atoms with Crippen molar-refractivity contribution in [2.24, 2.45) is 0 Å². The highest BCUT2D eigenvalue weighted by molar-refractivity contribution is 7.14. The van der Waals surface area contributed by atoms with Crippen molar-refractivity contribution in [2.45, 2.75) is 26.2 Å². The van der Waals surface area contributed by atoms with Crippen LogP contribution in [0.4, 0.5) is 9.52 Å². The van der Waals surface area contributed by atoms with E-state index in [1.54, 1.807) is 0 Å². The van der Waals surface area contributed by atoms with E-state index in [0.29, 0.717) is 30.1 Å². The molecule has 0 aliphatic carbocycles. The Morgan fingerprint density at radius 2 is 2.00 bits per heavy atom. The molecule has 0 bridgehead atoms. The maximum atomic E-state index is 12.8. The highest BCUT2D eigenvalue weighted by atomic mass is 32.1. The molecule has 2 amide bonds. The Morgan fingerprint density at radius 3 is 2.70 bits per heavy atom. The third-order valence-corrected chi connectivity index (χ3v) is 3.87. The number of anilines is 1. The fourth-order valence-corrected chi connectivity index (χ4v) is 2.58. The lowest BCUT2D eigenvalue weighted by molar-refractivity contribution is -0.121. The number of aromatic nitrogens is 1. The monoisotopic (exact) mass is 335 g/mol. The zero-order valence-electron chi connectivity index (χ0n) is 12.8. The summed E-state index contributed by atoms with van der Waals surface area (Å²) < 4.78 is 12.8. The Kier molecular flexibility index (Phi) is 6.22. The van der Waals surface area contributed by atoms with Gasteiger partial charge in [0.2, 0.25) is 5.91 Å². The second-order valence-corrected chi connectivity index (χ2v) is 5.81. The Labute approximate surface area is 137 Å². The molecule has 0 unspecified atom stereocenters. The molecule has 0 spiro atoms. The first-order valence-corrected chi connectivity index (χ1v) is 8.24. The Hall–Kier alpha value is -2.28. The van der Waals surface area contributed by atoms with E-state index < -0.39 is 0 Å². The van der Waals surface area contributed by atoms with E-state index in [2.05, 4.69) is 15.6 Å². The van der Waals surface area contributed by atoms with E-state index in [1.165, 1.54) is 35.6 Å². The molecule has 0 fully saturated rings. The lowest BCUT2D eigenvalue weighted by Crippen LogP contribution is -2.24. The molecule has 0 radical (unpaired) electrons. The number of halogens is 1. The number of hydrogen-bond acceptors (Lipinski definition) is 4. The van der Waals surface area contributed by atoms with Crippen LogP contribution >= 0.6 is 11.3 Å². The highest BCUT2D eigenvalue weighted by Crippen LogP contribution is 2.17. The van der Waals surface area contributed by atoms with Gasteiger partial charge in [-0.05, 0) is 37.1 Å². The van der Waals surface area contributed by atoms with Crippen LogP contribution in [0.3, 0.4) is 0 Å². The average molecular weight is 335 g/mol. The normalized spacial score (nSPS) is 10.3. The Morgan fingerprint density at radius 1 is 1.26 bits per heavy atom. The van der Waals surface area contributed by atoms with Crippen molar-refractivity contribution in [3.63, 3.8) is 0 Å². The predicted octanol–water partition coefficient (Wildman–Crippen LogP) is 2.99. The van der Waals surface area contributed by atoms with Gasteiger partial charge in [0, 0.05) is 23.9 Å². The molecule has 122 valence electrons. The molecule has 2 rings (SSSR count). The average Bonchev–Trinajstić information content (AvgIpc) is 2.99. The van der Waals surface area contributed by atoms with Crippen molar-refractivity contribution in [2.75, 3.05) is 11.9 Å². The predicted molar refractivity (Wildman–Crippen MR) is 88.1 cm³/mol. The first-order valence-electron chi connectivity index (χ1n) is 7.36. The lowest BCUT2D eigenvalue weighted by Gasteiger charge is -2.02. The quantitative estimate of drug-likeness (QED) is 0.817. The molecule has 0 aliphatic heterocycles. The number of carbonyl (C=O) groups is 2. The first-order chi connectivity index (χ1) is 11.1. The van der Waals surface area contributed by atoms with Crippen LogP contribution in [-0.2, 0) is 11.2 Å². The van der Waals surface area contributed by atoms with E-state index in [1.807, 2.05) is 12.3 Å². The molecule has 0 saturated heterocycles. The number of benzene rings is 1. The smallest absolute Gasteiger partial charge is 0.257 e. The van der Waals surface area contributed by atoms with Gasteiger partial charge in [-0.15, -0.1) is 11.3 Å².